The Morgan fingerprint density at radius 3 is 1.14 bits per heavy atom. The van der Waals surface area contributed by atoms with Crippen LogP contribution in [0.25, 0.3) is 0 Å². The maximum atomic E-state index is 9.44. The Labute approximate surface area is 90.3 Å². The van der Waals surface area contributed by atoms with Gasteiger partial charge < -0.3 is 4.79 Å². The van der Waals surface area contributed by atoms with Crippen molar-refractivity contribution in [1.82, 2.24) is 0 Å². The first-order valence-corrected chi connectivity index (χ1v) is 6.12. The summed E-state index contributed by atoms with van der Waals surface area (Å²) in [6, 6.07) is 0. The number of unbranched alkanes of at least 4 members (excludes halogenated alkanes) is 7. The van der Waals surface area contributed by atoms with Crippen LogP contribution in [0.2, 0.25) is 0 Å². The molecule has 0 bridgehead atoms. The van der Waals surface area contributed by atoms with Crippen molar-refractivity contribution in [1.29, 1.82) is 0 Å². The van der Waals surface area contributed by atoms with Crippen molar-refractivity contribution in [3.8, 4) is 0 Å². The van der Waals surface area contributed by atoms with Gasteiger partial charge in [0.25, 0.3) is 0 Å². The van der Waals surface area contributed by atoms with E-state index in [0.717, 1.165) is 0 Å². The first kappa shape index (κ1) is 16.1. The van der Waals surface area contributed by atoms with Crippen LogP contribution in [0.3, 0.4) is 0 Å². The Hall–Kier alpha value is -0.330. The minimum absolute atomic E-state index is 0.167. The molecule has 1 nitrogen and oxygen atoms in total. The van der Waals surface area contributed by atoms with Crippen LogP contribution in [0, 0.1) is 0 Å². The second-order valence-electron chi connectivity index (χ2n) is 4.03. The van der Waals surface area contributed by atoms with Crippen LogP contribution in [0.5, 0.6) is 0 Å². The largest absolute Gasteiger partial charge is 0.300 e. The highest BCUT2D eigenvalue weighted by atomic mass is 16.1. The number of carbonyl (C=O) groups is 1. The Balaban J connectivity index is 0. The molecule has 0 amide bonds. The molecule has 0 heterocycles. The van der Waals surface area contributed by atoms with Crippen LogP contribution in [0.4, 0.5) is 0 Å². The molecule has 0 radical (unpaired) electrons. The van der Waals surface area contributed by atoms with Gasteiger partial charge in [-0.05, 0) is 13.8 Å². The van der Waals surface area contributed by atoms with E-state index in [0.29, 0.717) is 0 Å². The van der Waals surface area contributed by atoms with E-state index in [2.05, 4.69) is 13.8 Å². The van der Waals surface area contributed by atoms with Gasteiger partial charge in [-0.25, -0.2) is 0 Å². The molecule has 0 aliphatic rings. The third-order valence-corrected chi connectivity index (χ3v) is 1.96. The fourth-order valence-corrected chi connectivity index (χ4v) is 1.21. The highest BCUT2D eigenvalue weighted by Crippen LogP contribution is 2.07. The number of carbonyl (C=O) groups excluding carboxylic acids is 1. The molecule has 0 atom stereocenters. The summed E-state index contributed by atoms with van der Waals surface area (Å²) in [5.41, 5.74) is 0. The Kier molecular flexibility index (Phi) is 17.4. The summed E-state index contributed by atoms with van der Waals surface area (Å²) in [7, 11) is 0. The van der Waals surface area contributed by atoms with E-state index in [-0.39, 0.29) is 5.78 Å². The minimum atomic E-state index is 0.167. The van der Waals surface area contributed by atoms with E-state index in [1.807, 2.05) is 0 Å². The lowest BCUT2D eigenvalue weighted by molar-refractivity contribution is -0.114. The van der Waals surface area contributed by atoms with Crippen LogP contribution in [-0.4, -0.2) is 5.78 Å². The normalized spacial score (nSPS) is 9.14. The highest BCUT2D eigenvalue weighted by Gasteiger charge is 1.87. The Bertz CT molecular complexity index is 95.8. The molecule has 0 aromatic heterocycles. The lowest BCUT2D eigenvalue weighted by atomic mass is 10.1. The topological polar surface area (TPSA) is 17.1 Å². The standard InChI is InChI=1S/C10H22.C3H6O/c1-3-5-7-9-10-8-6-4-2;1-3(2)4/h3-10H2,1-2H3;1-2H3. The summed E-state index contributed by atoms with van der Waals surface area (Å²) in [6.45, 7) is 7.60. The Morgan fingerprint density at radius 1 is 0.714 bits per heavy atom. The van der Waals surface area contributed by atoms with Gasteiger partial charge in [0.1, 0.15) is 5.78 Å². The second kappa shape index (κ2) is 15.2. The Morgan fingerprint density at radius 2 is 0.929 bits per heavy atom. The molecule has 14 heavy (non-hydrogen) atoms. The predicted octanol–water partition coefficient (Wildman–Crippen LogP) is 4.74. The van der Waals surface area contributed by atoms with Crippen molar-refractivity contribution in [2.45, 2.75) is 79.1 Å². The molecule has 0 aromatic carbocycles. The van der Waals surface area contributed by atoms with Gasteiger partial charge in [-0.3, -0.25) is 0 Å². The van der Waals surface area contributed by atoms with Crippen LogP contribution in [0.1, 0.15) is 79.1 Å². The van der Waals surface area contributed by atoms with E-state index in [1.165, 1.54) is 65.2 Å². The molecular weight excluding hydrogens is 172 g/mol. The molecule has 1 heteroatoms. The van der Waals surface area contributed by atoms with Gasteiger partial charge in [-0.15, -0.1) is 0 Å². The summed E-state index contributed by atoms with van der Waals surface area (Å²) >= 11 is 0. The van der Waals surface area contributed by atoms with Crippen molar-refractivity contribution in [3.63, 3.8) is 0 Å². The van der Waals surface area contributed by atoms with Crippen molar-refractivity contribution < 1.29 is 4.79 Å². The second-order valence-corrected chi connectivity index (χ2v) is 4.03. The number of hydrogen-bond acceptors (Lipinski definition) is 1. The maximum absolute atomic E-state index is 9.44. The van der Waals surface area contributed by atoms with Crippen LogP contribution >= 0.6 is 0 Å². The first-order chi connectivity index (χ1) is 6.65. The molecule has 0 aliphatic heterocycles. The van der Waals surface area contributed by atoms with Gasteiger partial charge in [0, 0.05) is 0 Å². The fourth-order valence-electron chi connectivity index (χ4n) is 1.21. The van der Waals surface area contributed by atoms with Crippen molar-refractivity contribution in [2.75, 3.05) is 0 Å². The predicted molar refractivity (Wildman–Crippen MR) is 64.6 cm³/mol. The smallest absolute Gasteiger partial charge is 0.126 e. The summed E-state index contributed by atoms with van der Waals surface area (Å²) in [5, 5.41) is 0. The van der Waals surface area contributed by atoms with Gasteiger partial charge in [-0.1, -0.05) is 65.2 Å². The van der Waals surface area contributed by atoms with Gasteiger partial charge in [-0.2, -0.15) is 0 Å². The zero-order valence-electron chi connectivity index (χ0n) is 10.6. The molecule has 0 fully saturated rings. The zero-order valence-corrected chi connectivity index (χ0v) is 10.6. The van der Waals surface area contributed by atoms with Gasteiger partial charge in [0.05, 0.1) is 0 Å². The van der Waals surface area contributed by atoms with Crippen molar-refractivity contribution in [3.05, 3.63) is 0 Å². The molecule has 86 valence electrons. The average Bonchev–Trinajstić information content (AvgIpc) is 2.10. The molecule has 0 saturated carbocycles. The molecule has 0 saturated heterocycles. The summed E-state index contributed by atoms with van der Waals surface area (Å²) in [6.07, 6.45) is 11.5. The number of Topliss-reactive ketones (excluding diaryl/α,β-unsaturated/α-hetero) is 1. The van der Waals surface area contributed by atoms with Crippen LogP contribution in [-0.2, 0) is 4.79 Å². The molecular formula is C13H28O. The molecule has 0 N–H and O–H groups in total. The number of hydrogen-bond donors (Lipinski definition) is 0. The SMILES string of the molecule is CC(C)=O.CCCCCCCCCC. The lowest BCUT2D eigenvalue weighted by Gasteiger charge is -1.97. The quantitative estimate of drug-likeness (QED) is 0.542. The zero-order chi connectivity index (χ0) is 11.2. The highest BCUT2D eigenvalue weighted by molar-refractivity contribution is 5.72. The molecule has 0 rings (SSSR count). The van der Waals surface area contributed by atoms with Crippen LogP contribution in [0.15, 0.2) is 0 Å². The van der Waals surface area contributed by atoms with Gasteiger partial charge in [0.2, 0.25) is 0 Å². The third-order valence-electron chi connectivity index (χ3n) is 1.96. The van der Waals surface area contributed by atoms with E-state index < -0.39 is 0 Å². The summed E-state index contributed by atoms with van der Waals surface area (Å²) < 4.78 is 0. The third kappa shape index (κ3) is 29.9. The van der Waals surface area contributed by atoms with E-state index in [1.54, 1.807) is 0 Å². The van der Waals surface area contributed by atoms with Crippen LogP contribution < -0.4 is 0 Å². The summed E-state index contributed by atoms with van der Waals surface area (Å²) in [5.74, 6) is 0.167. The van der Waals surface area contributed by atoms with Gasteiger partial charge in [0.15, 0.2) is 0 Å². The summed E-state index contributed by atoms with van der Waals surface area (Å²) in [4.78, 5) is 9.44. The monoisotopic (exact) mass is 200 g/mol. The average molecular weight is 200 g/mol. The van der Waals surface area contributed by atoms with E-state index >= 15 is 0 Å². The minimum Gasteiger partial charge on any atom is -0.300 e. The maximum Gasteiger partial charge on any atom is 0.126 e. The first-order valence-electron chi connectivity index (χ1n) is 6.12. The fraction of sp³-hybridized carbons (Fsp3) is 0.923. The molecule has 0 spiro atoms. The van der Waals surface area contributed by atoms with Crippen molar-refractivity contribution >= 4 is 5.78 Å². The van der Waals surface area contributed by atoms with E-state index in [4.69, 9.17) is 0 Å². The molecule has 0 unspecified atom stereocenters. The molecule has 0 aliphatic carbocycles. The van der Waals surface area contributed by atoms with Crippen molar-refractivity contribution in [2.24, 2.45) is 0 Å². The number of ketones is 1. The molecule has 0 aromatic rings. The number of rotatable bonds is 7. The lowest BCUT2D eigenvalue weighted by Crippen LogP contribution is -1.77. The van der Waals surface area contributed by atoms with Gasteiger partial charge >= 0.3 is 0 Å². The van der Waals surface area contributed by atoms with E-state index in [9.17, 15) is 4.79 Å².